The Balaban J connectivity index is 2.26. The van der Waals surface area contributed by atoms with Crippen LogP contribution in [0, 0.1) is 0 Å². The lowest BCUT2D eigenvalue weighted by atomic mass is 10.1. The lowest BCUT2D eigenvalue weighted by molar-refractivity contribution is 0.0940. The van der Waals surface area contributed by atoms with Crippen LogP contribution in [0.3, 0.4) is 0 Å². The van der Waals surface area contributed by atoms with Crippen LogP contribution in [0.25, 0.3) is 0 Å². The van der Waals surface area contributed by atoms with Crippen LogP contribution in [0.15, 0.2) is 28.6 Å². The zero-order valence-corrected chi connectivity index (χ0v) is 8.08. The first-order valence-corrected chi connectivity index (χ1v) is 4.77. The molecule has 0 N–H and O–H groups in total. The molecule has 2 heterocycles. The highest BCUT2D eigenvalue weighted by Crippen LogP contribution is 2.19. The van der Waals surface area contributed by atoms with Gasteiger partial charge in [0, 0.05) is 12.8 Å². The molecule has 0 spiro atoms. The number of carbonyl (C=O) groups is 1. The van der Waals surface area contributed by atoms with Crippen molar-refractivity contribution in [1.82, 2.24) is 0 Å². The third-order valence-electron chi connectivity index (χ3n) is 2.24. The summed E-state index contributed by atoms with van der Waals surface area (Å²) < 4.78 is 10.4. The Morgan fingerprint density at radius 1 is 1.57 bits per heavy atom. The maximum Gasteiger partial charge on any atom is 0.230 e. The maximum atomic E-state index is 11.8. The van der Waals surface area contributed by atoms with Crippen molar-refractivity contribution in [3.8, 4) is 0 Å². The van der Waals surface area contributed by atoms with Crippen molar-refractivity contribution in [3.05, 3.63) is 35.5 Å². The van der Waals surface area contributed by atoms with Crippen LogP contribution in [-0.4, -0.2) is 12.4 Å². The second-order valence-electron chi connectivity index (χ2n) is 3.15. The maximum absolute atomic E-state index is 11.8. The molecule has 0 bridgehead atoms. The van der Waals surface area contributed by atoms with Crippen LogP contribution in [0.2, 0.25) is 0 Å². The molecule has 0 saturated carbocycles. The summed E-state index contributed by atoms with van der Waals surface area (Å²) in [6.07, 6.45) is 4.91. The first-order valence-electron chi connectivity index (χ1n) is 4.77. The minimum absolute atomic E-state index is 0.0619. The average Bonchev–Trinajstić information content (AvgIpc) is 2.87. The van der Waals surface area contributed by atoms with E-state index in [1.165, 1.54) is 0 Å². The van der Waals surface area contributed by atoms with Crippen molar-refractivity contribution in [2.75, 3.05) is 6.61 Å². The number of aryl methyl sites for hydroxylation is 1. The fourth-order valence-corrected chi connectivity index (χ4v) is 1.53. The predicted octanol–water partition coefficient (Wildman–Crippen LogP) is 2.33. The molecule has 14 heavy (non-hydrogen) atoms. The van der Waals surface area contributed by atoms with Gasteiger partial charge in [0.1, 0.15) is 5.76 Å². The number of carbonyl (C=O) groups excluding carboxylic acids is 1. The molecule has 0 saturated heterocycles. The minimum atomic E-state index is -0.0619. The first kappa shape index (κ1) is 9.06. The highest BCUT2D eigenvalue weighted by molar-refractivity contribution is 6.08. The lowest BCUT2D eigenvalue weighted by Gasteiger charge is -2.01. The van der Waals surface area contributed by atoms with Crippen molar-refractivity contribution >= 4 is 5.78 Å². The van der Waals surface area contributed by atoms with E-state index in [4.69, 9.17) is 9.15 Å². The van der Waals surface area contributed by atoms with Crippen LogP contribution in [-0.2, 0) is 11.2 Å². The summed E-state index contributed by atoms with van der Waals surface area (Å²) in [6.45, 7) is 2.57. The molecule has 0 atom stereocenters. The van der Waals surface area contributed by atoms with Gasteiger partial charge in [-0.1, -0.05) is 6.92 Å². The van der Waals surface area contributed by atoms with E-state index >= 15 is 0 Å². The Hall–Kier alpha value is -1.51. The van der Waals surface area contributed by atoms with Gasteiger partial charge in [-0.2, -0.15) is 0 Å². The van der Waals surface area contributed by atoms with Crippen LogP contribution in [0.1, 0.15) is 29.5 Å². The summed E-state index contributed by atoms with van der Waals surface area (Å²) in [4.78, 5) is 11.8. The summed E-state index contributed by atoms with van der Waals surface area (Å²) in [5, 5.41) is 0. The van der Waals surface area contributed by atoms with E-state index in [0.717, 1.165) is 18.6 Å². The van der Waals surface area contributed by atoms with Gasteiger partial charge in [-0.3, -0.25) is 4.79 Å². The molecule has 74 valence electrons. The Morgan fingerprint density at radius 2 is 2.43 bits per heavy atom. The van der Waals surface area contributed by atoms with E-state index in [-0.39, 0.29) is 5.78 Å². The molecular weight excluding hydrogens is 180 g/mol. The van der Waals surface area contributed by atoms with E-state index in [0.29, 0.717) is 17.9 Å². The normalized spacial score (nSPS) is 15.1. The standard InChI is InChI=1S/C11H12O3/c1-2-9-8(5-7-14-9)11(12)10-4-3-6-13-10/h4-5,7H,2-3,6H2,1H3. The summed E-state index contributed by atoms with van der Waals surface area (Å²) in [5.74, 6) is 1.13. The molecule has 1 aromatic rings. The second kappa shape index (κ2) is 3.70. The van der Waals surface area contributed by atoms with Crippen LogP contribution in [0.4, 0.5) is 0 Å². The first-order chi connectivity index (χ1) is 6.83. The van der Waals surface area contributed by atoms with Crippen molar-refractivity contribution in [2.24, 2.45) is 0 Å². The van der Waals surface area contributed by atoms with Crippen molar-refractivity contribution < 1.29 is 13.9 Å². The van der Waals surface area contributed by atoms with Gasteiger partial charge in [-0.25, -0.2) is 0 Å². The van der Waals surface area contributed by atoms with Gasteiger partial charge in [0.15, 0.2) is 5.76 Å². The van der Waals surface area contributed by atoms with Crippen molar-refractivity contribution in [3.63, 3.8) is 0 Å². The lowest BCUT2D eigenvalue weighted by Crippen LogP contribution is -2.05. The van der Waals surface area contributed by atoms with Crippen LogP contribution < -0.4 is 0 Å². The SMILES string of the molecule is CCc1occc1C(=O)C1=CCCO1. The fraction of sp³-hybridized carbons (Fsp3) is 0.364. The van der Waals surface area contributed by atoms with E-state index in [1.807, 2.05) is 13.0 Å². The Kier molecular flexibility index (Phi) is 2.39. The molecule has 0 aliphatic carbocycles. The quantitative estimate of drug-likeness (QED) is 0.690. The molecule has 3 nitrogen and oxygen atoms in total. The number of furan rings is 1. The average molecular weight is 192 g/mol. The van der Waals surface area contributed by atoms with E-state index < -0.39 is 0 Å². The molecule has 0 amide bonds. The van der Waals surface area contributed by atoms with Gasteiger partial charge >= 0.3 is 0 Å². The Bertz CT molecular complexity index is 374. The summed E-state index contributed by atoms with van der Waals surface area (Å²) >= 11 is 0. The highest BCUT2D eigenvalue weighted by Gasteiger charge is 2.20. The molecule has 0 fully saturated rings. The highest BCUT2D eigenvalue weighted by atomic mass is 16.5. The Morgan fingerprint density at radius 3 is 3.07 bits per heavy atom. The summed E-state index contributed by atoms with van der Waals surface area (Å²) in [7, 11) is 0. The number of allylic oxidation sites excluding steroid dienone is 1. The van der Waals surface area contributed by atoms with E-state index in [2.05, 4.69) is 0 Å². The van der Waals surface area contributed by atoms with Crippen LogP contribution >= 0.6 is 0 Å². The fourth-order valence-electron chi connectivity index (χ4n) is 1.53. The van der Waals surface area contributed by atoms with E-state index in [1.54, 1.807) is 12.3 Å². The number of ketones is 1. The van der Waals surface area contributed by atoms with Crippen molar-refractivity contribution in [2.45, 2.75) is 19.8 Å². The number of ether oxygens (including phenoxy) is 1. The Labute approximate surface area is 82.4 Å². The van der Waals surface area contributed by atoms with E-state index in [9.17, 15) is 4.79 Å². The summed E-state index contributed by atoms with van der Waals surface area (Å²) in [5.41, 5.74) is 0.626. The van der Waals surface area contributed by atoms with Gasteiger partial charge in [0.25, 0.3) is 0 Å². The zero-order chi connectivity index (χ0) is 9.97. The van der Waals surface area contributed by atoms with Gasteiger partial charge in [-0.15, -0.1) is 0 Å². The van der Waals surface area contributed by atoms with Crippen LogP contribution in [0.5, 0.6) is 0 Å². The molecule has 0 unspecified atom stereocenters. The molecule has 3 heteroatoms. The third kappa shape index (κ3) is 1.45. The molecule has 0 radical (unpaired) electrons. The topological polar surface area (TPSA) is 39.4 Å². The monoisotopic (exact) mass is 192 g/mol. The molecule has 1 aromatic heterocycles. The third-order valence-corrected chi connectivity index (χ3v) is 2.24. The molecule has 0 aromatic carbocycles. The molecule has 2 rings (SSSR count). The largest absolute Gasteiger partial charge is 0.489 e. The number of rotatable bonds is 3. The van der Waals surface area contributed by atoms with Gasteiger partial charge in [0.2, 0.25) is 5.78 Å². The number of hydrogen-bond acceptors (Lipinski definition) is 3. The summed E-state index contributed by atoms with van der Waals surface area (Å²) in [6, 6.07) is 1.70. The zero-order valence-electron chi connectivity index (χ0n) is 8.08. The van der Waals surface area contributed by atoms with Gasteiger partial charge in [0.05, 0.1) is 18.4 Å². The minimum Gasteiger partial charge on any atom is -0.489 e. The number of hydrogen-bond donors (Lipinski definition) is 0. The smallest absolute Gasteiger partial charge is 0.230 e. The molecule has 1 aliphatic rings. The molecular formula is C11H12O3. The predicted molar refractivity (Wildman–Crippen MR) is 51.1 cm³/mol. The molecule has 1 aliphatic heterocycles. The van der Waals surface area contributed by atoms with Gasteiger partial charge in [-0.05, 0) is 12.1 Å². The van der Waals surface area contributed by atoms with Crippen molar-refractivity contribution in [1.29, 1.82) is 0 Å². The second-order valence-corrected chi connectivity index (χ2v) is 3.15. The number of Topliss-reactive ketones (excluding diaryl/α,β-unsaturated/α-hetero) is 1. The van der Waals surface area contributed by atoms with Gasteiger partial charge < -0.3 is 9.15 Å².